The van der Waals surface area contributed by atoms with Gasteiger partial charge in [-0.25, -0.2) is 0 Å². The van der Waals surface area contributed by atoms with Crippen LogP contribution in [-0.2, 0) is 14.3 Å². The van der Waals surface area contributed by atoms with E-state index in [2.05, 4.69) is 5.32 Å². The third-order valence-electron chi connectivity index (χ3n) is 6.86. The van der Waals surface area contributed by atoms with E-state index in [4.69, 9.17) is 4.74 Å². The van der Waals surface area contributed by atoms with Gasteiger partial charge in [0.05, 0.1) is 30.7 Å². The van der Waals surface area contributed by atoms with Crippen LogP contribution >= 0.6 is 0 Å². The second kappa shape index (κ2) is 9.46. The number of carbonyl (C=O) groups excluding carboxylic acids is 4. The van der Waals surface area contributed by atoms with Gasteiger partial charge < -0.3 is 15.0 Å². The van der Waals surface area contributed by atoms with Crippen LogP contribution in [0.5, 0.6) is 0 Å². The average molecular weight is 474 g/mol. The van der Waals surface area contributed by atoms with Crippen molar-refractivity contribution in [1.82, 2.24) is 4.90 Å². The predicted octanol–water partition coefficient (Wildman–Crippen LogP) is 3.26. The number of rotatable bonds is 4. The topological polar surface area (TPSA) is 96.0 Å². The van der Waals surface area contributed by atoms with E-state index in [1.165, 1.54) is 4.90 Å². The zero-order chi connectivity index (χ0) is 24.5. The van der Waals surface area contributed by atoms with Gasteiger partial charge in [0.1, 0.15) is 0 Å². The lowest BCUT2D eigenvalue weighted by atomic mass is 9.82. The minimum atomic E-state index is -0.392. The number of imide groups is 1. The van der Waals surface area contributed by atoms with Crippen LogP contribution in [0.25, 0.3) is 0 Å². The fourth-order valence-corrected chi connectivity index (χ4v) is 4.96. The molecule has 3 aliphatic rings. The molecule has 180 valence electrons. The number of carbonyl (C=O) groups is 4. The highest BCUT2D eigenvalue weighted by Crippen LogP contribution is 2.39. The third kappa shape index (κ3) is 4.49. The molecule has 8 heteroatoms. The van der Waals surface area contributed by atoms with E-state index in [-0.39, 0.29) is 29.6 Å². The summed E-state index contributed by atoms with van der Waals surface area (Å²) in [5, 5.41) is 2.82. The third-order valence-corrected chi connectivity index (χ3v) is 6.86. The Morgan fingerprint density at radius 3 is 2.46 bits per heavy atom. The highest BCUT2D eigenvalue weighted by molar-refractivity contribution is 6.22. The van der Waals surface area contributed by atoms with E-state index >= 15 is 0 Å². The van der Waals surface area contributed by atoms with Gasteiger partial charge in [-0.05, 0) is 56.2 Å². The summed E-state index contributed by atoms with van der Waals surface area (Å²) < 4.78 is 5.30. The number of nitrogens with zero attached hydrogens (tertiary/aromatic N) is 2. The van der Waals surface area contributed by atoms with Crippen LogP contribution in [-0.4, -0.2) is 54.8 Å². The Kier molecular flexibility index (Phi) is 6.21. The average Bonchev–Trinajstić information content (AvgIpc) is 3.13. The second-order valence-corrected chi connectivity index (χ2v) is 9.21. The fourth-order valence-electron chi connectivity index (χ4n) is 4.96. The molecule has 0 unspecified atom stereocenters. The summed E-state index contributed by atoms with van der Waals surface area (Å²) in [5.74, 6) is -1.59. The number of hydrogen-bond acceptors (Lipinski definition) is 5. The van der Waals surface area contributed by atoms with Crippen LogP contribution in [0, 0.1) is 11.8 Å². The van der Waals surface area contributed by atoms with Crippen LogP contribution in [0.3, 0.4) is 0 Å². The molecule has 0 bridgehead atoms. The van der Waals surface area contributed by atoms with Crippen molar-refractivity contribution in [2.45, 2.75) is 19.8 Å². The largest absolute Gasteiger partial charge is 0.378 e. The van der Waals surface area contributed by atoms with Crippen molar-refractivity contribution in [3.8, 4) is 0 Å². The first kappa shape index (κ1) is 23.0. The highest BCUT2D eigenvalue weighted by Gasteiger charge is 2.48. The molecule has 4 amide bonds. The van der Waals surface area contributed by atoms with E-state index in [1.807, 2.05) is 13.0 Å². The molecular weight excluding hydrogens is 446 g/mol. The molecule has 2 aromatic rings. The predicted molar refractivity (Wildman–Crippen MR) is 130 cm³/mol. The zero-order valence-corrected chi connectivity index (χ0v) is 19.5. The molecule has 1 N–H and O–H groups in total. The number of fused-ring (bicyclic) bond motifs is 1. The molecule has 2 aromatic carbocycles. The second-order valence-electron chi connectivity index (χ2n) is 9.21. The Bertz CT molecular complexity index is 1230. The van der Waals surface area contributed by atoms with E-state index in [9.17, 15) is 19.2 Å². The maximum Gasteiger partial charge on any atom is 0.255 e. The Morgan fingerprint density at radius 2 is 1.66 bits per heavy atom. The highest BCUT2D eigenvalue weighted by atomic mass is 16.5. The summed E-state index contributed by atoms with van der Waals surface area (Å²) in [7, 11) is 0. The molecule has 0 saturated carbocycles. The standard InChI is InChI=1S/C27H27N3O5/c1-17-8-9-22-23(14-17)27(34)30(26(22)33)21-7-3-4-18(16-21)24(31)28-20-6-2-5-19(15-20)25(32)29-10-12-35-13-11-29/h2-8,15-16,22-23H,9-14H2,1H3,(H,28,31)/t22-,23-/m1/s1. The van der Waals surface area contributed by atoms with Crippen molar-refractivity contribution in [1.29, 1.82) is 0 Å². The Hall–Kier alpha value is -3.78. The molecule has 0 radical (unpaired) electrons. The molecular formula is C27H27N3O5. The Balaban J connectivity index is 1.32. The van der Waals surface area contributed by atoms with Gasteiger partial charge in [-0.1, -0.05) is 23.8 Å². The zero-order valence-electron chi connectivity index (χ0n) is 19.5. The normalized spacial score (nSPS) is 22.0. The number of morpholine rings is 1. The van der Waals surface area contributed by atoms with Crippen molar-refractivity contribution >= 4 is 35.0 Å². The van der Waals surface area contributed by atoms with Crippen LogP contribution < -0.4 is 10.2 Å². The van der Waals surface area contributed by atoms with E-state index in [1.54, 1.807) is 53.4 Å². The van der Waals surface area contributed by atoms with Gasteiger partial charge in [0.2, 0.25) is 11.8 Å². The number of benzene rings is 2. The van der Waals surface area contributed by atoms with Crippen molar-refractivity contribution in [2.75, 3.05) is 36.5 Å². The number of amides is 4. The molecule has 2 fully saturated rings. The summed E-state index contributed by atoms with van der Waals surface area (Å²) in [6, 6.07) is 13.3. The van der Waals surface area contributed by atoms with E-state index < -0.39 is 5.91 Å². The van der Waals surface area contributed by atoms with Crippen molar-refractivity contribution < 1.29 is 23.9 Å². The number of nitrogens with one attached hydrogen (secondary N) is 1. The number of hydrogen-bond donors (Lipinski definition) is 1. The van der Waals surface area contributed by atoms with Crippen LogP contribution in [0.4, 0.5) is 11.4 Å². The Morgan fingerprint density at radius 1 is 0.943 bits per heavy atom. The van der Waals surface area contributed by atoms with Gasteiger partial charge in [-0.3, -0.25) is 24.1 Å². The lowest BCUT2D eigenvalue weighted by Gasteiger charge is -2.27. The molecule has 35 heavy (non-hydrogen) atoms. The summed E-state index contributed by atoms with van der Waals surface area (Å²) in [4.78, 5) is 54.8. The Labute approximate surface area is 203 Å². The molecule has 2 aliphatic heterocycles. The summed E-state index contributed by atoms with van der Waals surface area (Å²) in [6.45, 7) is 4.07. The van der Waals surface area contributed by atoms with Crippen LogP contribution in [0.15, 0.2) is 60.2 Å². The van der Waals surface area contributed by atoms with Crippen molar-refractivity contribution in [2.24, 2.45) is 11.8 Å². The molecule has 2 heterocycles. The number of ether oxygens (including phenoxy) is 1. The summed E-state index contributed by atoms with van der Waals surface area (Å²) in [6.07, 6.45) is 3.18. The maximum atomic E-state index is 13.0. The first-order valence-corrected chi connectivity index (χ1v) is 11.8. The lowest BCUT2D eigenvalue weighted by Crippen LogP contribution is -2.40. The molecule has 8 nitrogen and oxygen atoms in total. The van der Waals surface area contributed by atoms with E-state index in [0.29, 0.717) is 61.6 Å². The number of anilines is 2. The molecule has 2 atom stereocenters. The van der Waals surface area contributed by atoms with Gasteiger partial charge in [0, 0.05) is 29.9 Å². The molecule has 0 spiro atoms. The molecule has 2 saturated heterocycles. The first-order valence-electron chi connectivity index (χ1n) is 11.8. The lowest BCUT2D eigenvalue weighted by molar-refractivity contribution is -0.122. The smallest absolute Gasteiger partial charge is 0.255 e. The molecule has 1 aliphatic carbocycles. The van der Waals surface area contributed by atoms with Crippen LogP contribution in [0.1, 0.15) is 40.5 Å². The SMILES string of the molecule is CC1=CC[C@H]2C(=O)N(c3cccc(C(=O)Nc4cccc(C(=O)N5CCOCC5)c4)c3)C(=O)[C@@H]2C1. The fraction of sp³-hybridized carbons (Fsp3) is 0.333. The van der Waals surface area contributed by atoms with E-state index in [0.717, 1.165) is 5.57 Å². The molecule has 0 aromatic heterocycles. The summed E-state index contributed by atoms with van der Waals surface area (Å²) >= 11 is 0. The monoisotopic (exact) mass is 473 g/mol. The van der Waals surface area contributed by atoms with Crippen LogP contribution in [0.2, 0.25) is 0 Å². The van der Waals surface area contributed by atoms with Gasteiger partial charge in [-0.2, -0.15) is 0 Å². The number of allylic oxidation sites excluding steroid dienone is 2. The quantitative estimate of drug-likeness (QED) is 0.543. The molecule has 5 rings (SSSR count). The first-order chi connectivity index (χ1) is 16.9. The van der Waals surface area contributed by atoms with Gasteiger partial charge in [-0.15, -0.1) is 0 Å². The summed E-state index contributed by atoms with van der Waals surface area (Å²) in [5.41, 5.74) is 2.81. The van der Waals surface area contributed by atoms with Crippen molar-refractivity contribution in [3.05, 3.63) is 71.3 Å². The minimum Gasteiger partial charge on any atom is -0.378 e. The van der Waals surface area contributed by atoms with Gasteiger partial charge >= 0.3 is 0 Å². The van der Waals surface area contributed by atoms with Crippen molar-refractivity contribution in [3.63, 3.8) is 0 Å². The van der Waals surface area contributed by atoms with Gasteiger partial charge in [0.25, 0.3) is 11.8 Å². The minimum absolute atomic E-state index is 0.108. The van der Waals surface area contributed by atoms with Gasteiger partial charge in [0.15, 0.2) is 0 Å². The maximum absolute atomic E-state index is 13.0.